The molecular formula is C54H50N4O7. The van der Waals surface area contributed by atoms with Crippen LogP contribution in [0.3, 0.4) is 0 Å². The predicted molar refractivity (Wildman–Crippen MR) is 252 cm³/mol. The number of hydrogen-bond acceptors (Lipinski definition) is 9. The fraction of sp³-hybridized carbons (Fsp3) is 0.222. The quantitative estimate of drug-likeness (QED) is 0.0974. The van der Waals surface area contributed by atoms with Crippen molar-refractivity contribution in [2.24, 2.45) is 10.9 Å². The Bertz CT molecular complexity index is 2810. The van der Waals surface area contributed by atoms with Crippen LogP contribution in [-0.2, 0) is 35.9 Å². The number of carbonyl (C=O) groups excluding carboxylic acids is 2. The summed E-state index contributed by atoms with van der Waals surface area (Å²) in [6.07, 6.45) is 5.58. The lowest BCUT2D eigenvalue weighted by Gasteiger charge is -2.27. The third-order valence-electron chi connectivity index (χ3n) is 11.6. The smallest absolute Gasteiger partial charge is 0.230 e. The van der Waals surface area contributed by atoms with Gasteiger partial charge in [-0.25, -0.2) is 0 Å². The first-order valence-corrected chi connectivity index (χ1v) is 21.7. The second kappa shape index (κ2) is 20.7. The number of aryl methyl sites for hydroxylation is 1. The molecule has 1 unspecified atom stereocenters. The van der Waals surface area contributed by atoms with Gasteiger partial charge in [0.15, 0.2) is 11.5 Å². The van der Waals surface area contributed by atoms with Crippen molar-refractivity contribution in [2.75, 3.05) is 31.3 Å². The minimum atomic E-state index is -0.937. The Labute approximate surface area is 379 Å². The van der Waals surface area contributed by atoms with E-state index in [1.807, 2.05) is 116 Å². The number of hydrogen-bond donors (Lipinski definition) is 2. The molecule has 1 atom stereocenters. The lowest BCUT2D eigenvalue weighted by Crippen LogP contribution is -2.38. The first-order chi connectivity index (χ1) is 31.8. The molecule has 0 saturated carbocycles. The number of carbonyl (C=O) groups is 2. The van der Waals surface area contributed by atoms with E-state index in [4.69, 9.17) is 18.9 Å². The van der Waals surface area contributed by atoms with E-state index < -0.39 is 18.4 Å². The zero-order valence-corrected chi connectivity index (χ0v) is 36.5. The normalized spacial score (nSPS) is 13.7. The molecule has 2 amide bonds. The summed E-state index contributed by atoms with van der Waals surface area (Å²) in [6, 6.07) is 41.1. The highest BCUT2D eigenvalue weighted by Crippen LogP contribution is 2.37. The Morgan fingerprint density at radius 1 is 0.831 bits per heavy atom. The lowest BCUT2D eigenvalue weighted by atomic mass is 9.96. The van der Waals surface area contributed by atoms with Gasteiger partial charge < -0.3 is 34.3 Å². The van der Waals surface area contributed by atoms with Gasteiger partial charge in [-0.05, 0) is 100 Å². The average molecular weight is 867 g/mol. The number of aliphatic hydroxyl groups excluding tert-OH is 1. The molecular weight excluding hydrogens is 817 g/mol. The summed E-state index contributed by atoms with van der Waals surface area (Å²) in [5, 5.41) is 22.5. The average Bonchev–Trinajstić information content (AvgIpc) is 3.33. The van der Waals surface area contributed by atoms with Crippen LogP contribution < -0.4 is 29.2 Å². The Hall–Kier alpha value is -7.68. The van der Waals surface area contributed by atoms with Crippen molar-refractivity contribution in [2.45, 2.75) is 46.6 Å². The first-order valence-electron chi connectivity index (χ1n) is 21.7. The second-order valence-electron chi connectivity index (χ2n) is 16.0. The minimum absolute atomic E-state index is 0.0673. The van der Waals surface area contributed by atoms with Gasteiger partial charge in [-0.2, -0.15) is 5.26 Å². The van der Waals surface area contributed by atoms with E-state index in [2.05, 4.69) is 35.4 Å². The van der Waals surface area contributed by atoms with Crippen LogP contribution in [0.4, 0.5) is 5.69 Å². The van der Waals surface area contributed by atoms with Gasteiger partial charge >= 0.3 is 0 Å². The van der Waals surface area contributed by atoms with Crippen molar-refractivity contribution in [1.29, 1.82) is 5.26 Å². The summed E-state index contributed by atoms with van der Waals surface area (Å²) in [5.74, 6) is 1.12. The molecule has 2 aliphatic heterocycles. The number of nitrogens with one attached hydrogen (secondary N) is 1. The number of aliphatic imine (C=N–C) groups is 1. The molecule has 328 valence electrons. The molecule has 2 heterocycles. The van der Waals surface area contributed by atoms with Gasteiger partial charge in [0.25, 0.3) is 0 Å². The Kier molecular flexibility index (Phi) is 14.0. The lowest BCUT2D eigenvalue weighted by molar-refractivity contribution is -0.124. The number of anilines is 1. The number of benzene rings is 6. The van der Waals surface area contributed by atoms with Crippen LogP contribution in [-0.4, -0.2) is 49.5 Å². The SMILES string of the molecule is Cc1cc(CN=CC(CO)C(=O)NCCC(=O)N2Cc3ccccc3/C=C\c3ccccc32)c(OCc2cccc(C#N)c2)cc1OCc1cccc(-c2ccc3c(c2)OCCO3)c1C. The van der Waals surface area contributed by atoms with E-state index in [9.17, 15) is 20.0 Å². The number of aliphatic hydroxyl groups is 1. The molecule has 6 aromatic carbocycles. The van der Waals surface area contributed by atoms with E-state index >= 15 is 0 Å². The number of para-hydroxylation sites is 1. The standard InChI is InChI=1S/C54H50N4O7/c1-36-25-45(30-56-31-46(33-59)54(61)57-22-21-53(60)58-32-43-13-4-3-11-40(43)17-18-41-12-5-6-16-48(41)58)51(64-34-39-10-7-9-38(26-39)29-55)28-50(36)65-35-44-14-8-15-47(37(44)2)42-19-20-49-52(27-42)63-24-23-62-49/h3-20,25-28,31,46,59H,21-24,30,32-35H2,1-2H3,(H,57,61)/b18-17-,56-31?. The maximum absolute atomic E-state index is 13.7. The molecule has 0 spiro atoms. The second-order valence-corrected chi connectivity index (χ2v) is 16.0. The molecule has 0 bridgehead atoms. The summed E-state index contributed by atoms with van der Waals surface area (Å²) >= 11 is 0. The van der Waals surface area contributed by atoms with E-state index in [1.54, 1.807) is 17.0 Å². The zero-order chi connectivity index (χ0) is 45.1. The van der Waals surface area contributed by atoms with Gasteiger partial charge in [0.1, 0.15) is 37.9 Å². The highest BCUT2D eigenvalue weighted by molar-refractivity contribution is 5.98. The topological polar surface area (TPSA) is 143 Å². The third kappa shape index (κ3) is 10.6. The van der Waals surface area contributed by atoms with Gasteiger partial charge in [-0.1, -0.05) is 91.0 Å². The monoisotopic (exact) mass is 866 g/mol. The molecule has 2 N–H and O–H groups in total. The molecule has 0 aliphatic carbocycles. The highest BCUT2D eigenvalue weighted by atomic mass is 16.6. The molecule has 0 aromatic heterocycles. The van der Waals surface area contributed by atoms with E-state index in [0.717, 1.165) is 72.8 Å². The van der Waals surface area contributed by atoms with Crippen molar-refractivity contribution in [3.8, 4) is 40.2 Å². The van der Waals surface area contributed by atoms with Crippen LogP contribution in [0.25, 0.3) is 23.3 Å². The molecule has 6 aromatic rings. The number of nitriles is 1. The van der Waals surface area contributed by atoms with Crippen LogP contribution >= 0.6 is 0 Å². The molecule has 65 heavy (non-hydrogen) atoms. The number of fused-ring (bicyclic) bond motifs is 3. The molecule has 11 heteroatoms. The number of nitrogens with zero attached hydrogens (tertiary/aromatic N) is 3. The fourth-order valence-electron chi connectivity index (χ4n) is 7.96. The first kappa shape index (κ1) is 43.9. The van der Waals surface area contributed by atoms with Crippen molar-refractivity contribution in [1.82, 2.24) is 5.32 Å². The Balaban J connectivity index is 0.938. The molecule has 0 radical (unpaired) electrons. The van der Waals surface area contributed by atoms with Crippen molar-refractivity contribution >= 4 is 35.9 Å². The van der Waals surface area contributed by atoms with Crippen LogP contribution in [0.15, 0.2) is 126 Å². The highest BCUT2D eigenvalue weighted by Gasteiger charge is 2.22. The third-order valence-corrected chi connectivity index (χ3v) is 11.6. The maximum atomic E-state index is 13.7. The molecule has 2 aliphatic rings. The predicted octanol–water partition coefficient (Wildman–Crippen LogP) is 9.17. The minimum Gasteiger partial charge on any atom is -0.488 e. The van der Waals surface area contributed by atoms with Crippen molar-refractivity contribution in [3.63, 3.8) is 0 Å². The van der Waals surface area contributed by atoms with Crippen molar-refractivity contribution in [3.05, 3.63) is 171 Å². The molecule has 11 nitrogen and oxygen atoms in total. The fourth-order valence-corrected chi connectivity index (χ4v) is 7.96. The van der Waals surface area contributed by atoms with Crippen LogP contribution in [0, 0.1) is 31.1 Å². The van der Waals surface area contributed by atoms with Crippen LogP contribution in [0.5, 0.6) is 23.0 Å². The Morgan fingerprint density at radius 3 is 2.45 bits per heavy atom. The van der Waals surface area contributed by atoms with Crippen molar-refractivity contribution < 1.29 is 33.6 Å². The van der Waals surface area contributed by atoms with Gasteiger partial charge in [-0.3, -0.25) is 14.6 Å². The molecule has 0 fully saturated rings. The maximum Gasteiger partial charge on any atom is 0.230 e. The number of ether oxygens (including phenoxy) is 4. The van der Waals surface area contributed by atoms with E-state index in [1.165, 1.54) is 6.21 Å². The summed E-state index contributed by atoms with van der Waals surface area (Å²) in [5.41, 5.74) is 10.9. The number of rotatable bonds is 15. The summed E-state index contributed by atoms with van der Waals surface area (Å²) in [4.78, 5) is 33.4. The number of amides is 2. The van der Waals surface area contributed by atoms with E-state index in [0.29, 0.717) is 43.4 Å². The zero-order valence-electron chi connectivity index (χ0n) is 36.5. The molecule has 0 saturated heterocycles. The van der Waals surface area contributed by atoms with E-state index in [-0.39, 0.29) is 32.0 Å². The van der Waals surface area contributed by atoms with Gasteiger partial charge in [-0.15, -0.1) is 0 Å². The largest absolute Gasteiger partial charge is 0.488 e. The van der Waals surface area contributed by atoms with Gasteiger partial charge in [0.05, 0.1) is 42.9 Å². The van der Waals surface area contributed by atoms with Crippen LogP contribution in [0.2, 0.25) is 0 Å². The van der Waals surface area contributed by atoms with Crippen LogP contribution in [0.1, 0.15) is 56.5 Å². The van der Waals surface area contributed by atoms with Gasteiger partial charge in [0, 0.05) is 30.8 Å². The summed E-state index contributed by atoms with van der Waals surface area (Å²) < 4.78 is 24.4. The summed E-state index contributed by atoms with van der Waals surface area (Å²) in [6.45, 7) is 5.76. The van der Waals surface area contributed by atoms with Gasteiger partial charge in [0.2, 0.25) is 11.8 Å². The summed E-state index contributed by atoms with van der Waals surface area (Å²) in [7, 11) is 0. The molecule has 8 rings (SSSR count). The Morgan fingerprint density at radius 2 is 1.60 bits per heavy atom.